The molecule has 2 aromatic heterocycles. The molecule has 104 valence electrons. The first-order valence-electron chi connectivity index (χ1n) is 6.03. The smallest absolute Gasteiger partial charge is 0.215 e. The van der Waals surface area contributed by atoms with Crippen LogP contribution < -0.4 is 10.5 Å². The van der Waals surface area contributed by atoms with E-state index in [9.17, 15) is 4.39 Å². The standard InChI is InChI=1S/C14H10FN5O/c1-21-12-6-5-10-13(19-12)20(14(17)18-10)11-4-2-3-9(15)8(11)7-16/h2-6H,1H3,(H2,17,18). The topological polar surface area (TPSA) is 89.8 Å². The number of pyridine rings is 1. The number of imidazole rings is 1. The molecule has 6 nitrogen and oxygen atoms in total. The van der Waals surface area contributed by atoms with Gasteiger partial charge in [-0.15, -0.1) is 0 Å². The molecule has 0 fully saturated rings. The van der Waals surface area contributed by atoms with E-state index in [1.165, 1.54) is 23.8 Å². The Hall–Kier alpha value is -3.14. The molecule has 3 aromatic rings. The third-order valence-corrected chi connectivity index (χ3v) is 3.06. The third-order valence-electron chi connectivity index (χ3n) is 3.06. The zero-order chi connectivity index (χ0) is 15.0. The maximum atomic E-state index is 13.8. The van der Waals surface area contributed by atoms with Crippen LogP contribution in [0.1, 0.15) is 5.56 Å². The Kier molecular flexibility index (Phi) is 2.92. The fraction of sp³-hybridized carbons (Fsp3) is 0.0714. The summed E-state index contributed by atoms with van der Waals surface area (Å²) in [6, 6.07) is 9.47. The van der Waals surface area contributed by atoms with E-state index in [1.807, 2.05) is 6.07 Å². The molecular weight excluding hydrogens is 273 g/mol. The van der Waals surface area contributed by atoms with Gasteiger partial charge in [-0.3, -0.25) is 4.57 Å². The Morgan fingerprint density at radius 3 is 2.81 bits per heavy atom. The molecule has 0 aliphatic heterocycles. The summed E-state index contributed by atoms with van der Waals surface area (Å²) in [5.74, 6) is -0.134. The highest BCUT2D eigenvalue weighted by atomic mass is 19.1. The molecule has 2 N–H and O–H groups in total. The van der Waals surface area contributed by atoms with Crippen molar-refractivity contribution in [2.75, 3.05) is 12.8 Å². The van der Waals surface area contributed by atoms with Crippen molar-refractivity contribution in [3.8, 4) is 17.6 Å². The number of fused-ring (bicyclic) bond motifs is 1. The number of nitriles is 1. The monoisotopic (exact) mass is 283 g/mol. The van der Waals surface area contributed by atoms with Crippen molar-refractivity contribution in [1.29, 1.82) is 5.26 Å². The minimum Gasteiger partial charge on any atom is -0.481 e. The van der Waals surface area contributed by atoms with E-state index in [0.29, 0.717) is 22.7 Å². The van der Waals surface area contributed by atoms with Gasteiger partial charge in [-0.25, -0.2) is 9.37 Å². The normalized spacial score (nSPS) is 10.5. The van der Waals surface area contributed by atoms with E-state index in [2.05, 4.69) is 9.97 Å². The lowest BCUT2D eigenvalue weighted by Gasteiger charge is -2.08. The number of nitrogens with zero attached hydrogens (tertiary/aromatic N) is 4. The predicted molar refractivity (Wildman–Crippen MR) is 74.5 cm³/mol. The Balaban J connectivity index is 2.38. The highest BCUT2D eigenvalue weighted by Crippen LogP contribution is 2.26. The van der Waals surface area contributed by atoms with E-state index in [1.54, 1.807) is 18.2 Å². The zero-order valence-electron chi connectivity index (χ0n) is 11.0. The Morgan fingerprint density at radius 1 is 1.29 bits per heavy atom. The fourth-order valence-corrected chi connectivity index (χ4v) is 2.12. The Morgan fingerprint density at radius 2 is 2.10 bits per heavy atom. The van der Waals surface area contributed by atoms with Crippen LogP contribution >= 0.6 is 0 Å². The van der Waals surface area contributed by atoms with Gasteiger partial charge in [0.05, 0.1) is 12.8 Å². The first-order valence-corrected chi connectivity index (χ1v) is 6.03. The van der Waals surface area contributed by atoms with E-state index >= 15 is 0 Å². The molecule has 1 aromatic carbocycles. The van der Waals surface area contributed by atoms with Crippen molar-refractivity contribution in [1.82, 2.24) is 14.5 Å². The summed E-state index contributed by atoms with van der Waals surface area (Å²) in [5, 5.41) is 9.15. The second-order valence-corrected chi connectivity index (χ2v) is 4.25. The number of nitrogens with two attached hydrogens (primary N) is 1. The third kappa shape index (κ3) is 1.94. The summed E-state index contributed by atoms with van der Waals surface area (Å²) in [6.07, 6.45) is 0. The largest absolute Gasteiger partial charge is 0.481 e. The molecule has 0 saturated carbocycles. The molecule has 0 bridgehead atoms. The van der Waals surface area contributed by atoms with Crippen molar-refractivity contribution < 1.29 is 9.13 Å². The summed E-state index contributed by atoms with van der Waals surface area (Å²) in [5.41, 5.74) is 6.99. The zero-order valence-corrected chi connectivity index (χ0v) is 11.0. The Bertz CT molecular complexity index is 881. The maximum Gasteiger partial charge on any atom is 0.215 e. The molecule has 0 spiro atoms. The summed E-state index contributed by atoms with van der Waals surface area (Å²) in [7, 11) is 1.49. The molecule has 0 amide bonds. The minimum atomic E-state index is -0.626. The van der Waals surface area contributed by atoms with E-state index in [-0.39, 0.29) is 11.5 Å². The lowest BCUT2D eigenvalue weighted by atomic mass is 10.2. The molecule has 0 atom stereocenters. The molecule has 7 heteroatoms. The van der Waals surface area contributed by atoms with Crippen molar-refractivity contribution in [2.45, 2.75) is 0 Å². The van der Waals surface area contributed by atoms with Crippen molar-refractivity contribution >= 4 is 17.1 Å². The van der Waals surface area contributed by atoms with Gasteiger partial charge in [-0.2, -0.15) is 10.2 Å². The van der Waals surface area contributed by atoms with Gasteiger partial charge < -0.3 is 10.5 Å². The number of benzene rings is 1. The second-order valence-electron chi connectivity index (χ2n) is 4.25. The lowest BCUT2D eigenvalue weighted by molar-refractivity contribution is 0.399. The van der Waals surface area contributed by atoms with E-state index in [4.69, 9.17) is 15.7 Å². The molecule has 21 heavy (non-hydrogen) atoms. The molecule has 3 rings (SSSR count). The van der Waals surface area contributed by atoms with Crippen LogP contribution in [-0.4, -0.2) is 21.6 Å². The summed E-state index contributed by atoms with van der Waals surface area (Å²) >= 11 is 0. The van der Waals surface area contributed by atoms with Gasteiger partial charge in [0.2, 0.25) is 11.8 Å². The SMILES string of the molecule is COc1ccc2nc(N)n(-c3cccc(F)c3C#N)c2n1. The first kappa shape index (κ1) is 12.9. The summed E-state index contributed by atoms with van der Waals surface area (Å²) in [4.78, 5) is 8.42. The number of methoxy groups -OCH3 is 1. The van der Waals surface area contributed by atoms with E-state index < -0.39 is 5.82 Å². The second kappa shape index (κ2) is 4.76. The Labute approximate surface area is 119 Å². The van der Waals surface area contributed by atoms with Crippen molar-refractivity contribution in [2.24, 2.45) is 0 Å². The van der Waals surface area contributed by atoms with E-state index in [0.717, 1.165) is 0 Å². The number of aromatic nitrogens is 3. The summed E-state index contributed by atoms with van der Waals surface area (Å²) < 4.78 is 20.3. The number of hydrogen-bond acceptors (Lipinski definition) is 5. The van der Waals surface area contributed by atoms with Gasteiger partial charge in [0.25, 0.3) is 0 Å². The molecular formula is C14H10FN5O. The predicted octanol–water partition coefficient (Wildman–Crippen LogP) is 2.02. The van der Waals surface area contributed by atoms with Crippen LogP contribution in [0.4, 0.5) is 10.3 Å². The number of rotatable bonds is 2. The van der Waals surface area contributed by atoms with Crippen LogP contribution in [0.5, 0.6) is 5.88 Å². The summed E-state index contributed by atoms with van der Waals surface area (Å²) in [6.45, 7) is 0. The maximum absolute atomic E-state index is 13.8. The number of hydrogen-bond donors (Lipinski definition) is 1. The van der Waals surface area contributed by atoms with Crippen LogP contribution in [0.25, 0.3) is 16.9 Å². The number of anilines is 1. The molecule has 0 aliphatic rings. The van der Waals surface area contributed by atoms with Crippen LogP contribution in [0.15, 0.2) is 30.3 Å². The van der Waals surface area contributed by atoms with Gasteiger partial charge in [-0.05, 0) is 18.2 Å². The van der Waals surface area contributed by atoms with Crippen molar-refractivity contribution in [3.63, 3.8) is 0 Å². The molecule has 0 aliphatic carbocycles. The molecule has 0 saturated heterocycles. The molecule has 2 heterocycles. The number of halogens is 1. The molecule has 0 unspecified atom stereocenters. The van der Waals surface area contributed by atoms with Crippen LogP contribution in [0, 0.1) is 17.1 Å². The first-order chi connectivity index (χ1) is 10.2. The lowest BCUT2D eigenvalue weighted by Crippen LogP contribution is -2.05. The van der Waals surface area contributed by atoms with Crippen molar-refractivity contribution in [3.05, 3.63) is 41.7 Å². The fourth-order valence-electron chi connectivity index (χ4n) is 2.12. The highest BCUT2D eigenvalue weighted by molar-refractivity contribution is 5.78. The van der Waals surface area contributed by atoms with Crippen LogP contribution in [0.3, 0.4) is 0 Å². The van der Waals surface area contributed by atoms with Gasteiger partial charge in [-0.1, -0.05) is 6.07 Å². The molecule has 0 radical (unpaired) electrons. The average molecular weight is 283 g/mol. The minimum absolute atomic E-state index is 0.117. The van der Waals surface area contributed by atoms with Crippen LogP contribution in [-0.2, 0) is 0 Å². The van der Waals surface area contributed by atoms with Gasteiger partial charge in [0.1, 0.15) is 23.0 Å². The quantitative estimate of drug-likeness (QED) is 0.777. The number of nitrogen functional groups attached to an aromatic ring is 1. The van der Waals surface area contributed by atoms with Gasteiger partial charge in [0, 0.05) is 6.07 Å². The highest BCUT2D eigenvalue weighted by Gasteiger charge is 2.17. The van der Waals surface area contributed by atoms with Gasteiger partial charge in [0.15, 0.2) is 5.65 Å². The average Bonchev–Trinajstić information content (AvgIpc) is 2.81. The van der Waals surface area contributed by atoms with Gasteiger partial charge >= 0.3 is 0 Å². The number of ether oxygens (including phenoxy) is 1. The van der Waals surface area contributed by atoms with Crippen LogP contribution in [0.2, 0.25) is 0 Å².